The molecule has 1 N–H and O–H groups in total. The van der Waals surface area contributed by atoms with Crippen LogP contribution in [0.4, 0.5) is 4.39 Å². The fraction of sp³-hybridized carbons (Fsp3) is 0.235. The molecule has 2 aromatic rings. The van der Waals surface area contributed by atoms with Gasteiger partial charge in [0.25, 0.3) is 5.91 Å². The summed E-state index contributed by atoms with van der Waals surface area (Å²) in [7, 11) is 3.17. The highest BCUT2D eigenvalue weighted by Gasteiger charge is 2.16. The predicted molar refractivity (Wildman–Crippen MR) is 81.3 cm³/mol. The van der Waals surface area contributed by atoms with Crippen LogP contribution in [0.1, 0.15) is 22.0 Å². The van der Waals surface area contributed by atoms with Crippen molar-refractivity contribution in [3.63, 3.8) is 0 Å². The number of carbonyl (C=O) groups excluding carboxylic acids is 1. The van der Waals surface area contributed by atoms with E-state index in [9.17, 15) is 14.3 Å². The van der Waals surface area contributed by atoms with Crippen LogP contribution in [0.15, 0.2) is 48.5 Å². The third-order valence-electron chi connectivity index (χ3n) is 3.39. The van der Waals surface area contributed by atoms with E-state index >= 15 is 0 Å². The van der Waals surface area contributed by atoms with Crippen molar-refractivity contribution in [3.8, 4) is 5.75 Å². The first kappa shape index (κ1) is 16.0. The van der Waals surface area contributed by atoms with Crippen molar-refractivity contribution in [1.29, 1.82) is 0 Å². The van der Waals surface area contributed by atoms with E-state index < -0.39 is 11.9 Å². The average Bonchev–Trinajstić information content (AvgIpc) is 2.54. The molecule has 0 saturated carbocycles. The topological polar surface area (TPSA) is 49.8 Å². The molecule has 0 aliphatic carbocycles. The van der Waals surface area contributed by atoms with Crippen LogP contribution in [0.3, 0.4) is 0 Å². The van der Waals surface area contributed by atoms with Gasteiger partial charge in [-0.2, -0.15) is 0 Å². The van der Waals surface area contributed by atoms with Crippen LogP contribution in [0.2, 0.25) is 0 Å². The van der Waals surface area contributed by atoms with Crippen LogP contribution in [0.5, 0.6) is 5.75 Å². The highest BCUT2D eigenvalue weighted by molar-refractivity contribution is 5.94. The first-order chi connectivity index (χ1) is 10.5. The number of carbonyl (C=O) groups is 1. The molecule has 1 unspecified atom stereocenters. The van der Waals surface area contributed by atoms with Gasteiger partial charge in [-0.05, 0) is 42.0 Å². The SMILES string of the molecule is COc1ccc(C(O)CN(C)C(=O)c2ccc(F)cc2)cc1. The van der Waals surface area contributed by atoms with E-state index in [-0.39, 0.29) is 12.5 Å². The predicted octanol–water partition coefficient (Wildman–Crippen LogP) is 2.64. The molecule has 2 aromatic carbocycles. The third-order valence-corrected chi connectivity index (χ3v) is 3.39. The molecule has 0 aromatic heterocycles. The maximum absolute atomic E-state index is 12.9. The van der Waals surface area contributed by atoms with Gasteiger partial charge in [-0.1, -0.05) is 12.1 Å². The molecule has 22 heavy (non-hydrogen) atoms. The Morgan fingerprint density at radius 1 is 1.18 bits per heavy atom. The number of aliphatic hydroxyl groups excluding tert-OH is 1. The molecule has 0 saturated heterocycles. The number of ether oxygens (including phenoxy) is 1. The second-order valence-corrected chi connectivity index (χ2v) is 4.98. The minimum atomic E-state index is -0.805. The fourth-order valence-corrected chi connectivity index (χ4v) is 2.09. The lowest BCUT2D eigenvalue weighted by Gasteiger charge is -2.21. The number of nitrogens with zero attached hydrogens (tertiary/aromatic N) is 1. The third kappa shape index (κ3) is 3.83. The van der Waals surface area contributed by atoms with Gasteiger partial charge in [0.05, 0.1) is 19.8 Å². The van der Waals surface area contributed by atoms with Crippen LogP contribution in [-0.4, -0.2) is 36.6 Å². The number of hydrogen-bond acceptors (Lipinski definition) is 3. The maximum atomic E-state index is 12.9. The monoisotopic (exact) mass is 303 g/mol. The molecule has 0 radical (unpaired) electrons. The number of halogens is 1. The van der Waals surface area contributed by atoms with Gasteiger partial charge in [0, 0.05) is 12.6 Å². The minimum absolute atomic E-state index is 0.141. The van der Waals surface area contributed by atoms with Gasteiger partial charge in [-0.15, -0.1) is 0 Å². The molecule has 1 atom stereocenters. The Morgan fingerprint density at radius 2 is 1.77 bits per heavy atom. The Kier molecular flexibility index (Phi) is 5.12. The second-order valence-electron chi connectivity index (χ2n) is 4.98. The summed E-state index contributed by atoms with van der Waals surface area (Å²) < 4.78 is 17.9. The van der Waals surface area contributed by atoms with Gasteiger partial charge in [0.15, 0.2) is 0 Å². The standard InChI is InChI=1S/C17H18FNO3/c1-19(17(21)13-3-7-14(18)8-4-13)11-16(20)12-5-9-15(22-2)10-6-12/h3-10,16,20H,11H2,1-2H3. The summed E-state index contributed by atoms with van der Waals surface area (Å²) in [5.74, 6) is 0.0386. The molecule has 0 spiro atoms. The summed E-state index contributed by atoms with van der Waals surface area (Å²) in [6.07, 6.45) is -0.805. The zero-order valence-electron chi connectivity index (χ0n) is 12.5. The second kappa shape index (κ2) is 7.04. The highest BCUT2D eigenvalue weighted by atomic mass is 19.1. The van der Waals surface area contributed by atoms with E-state index in [1.807, 2.05) is 0 Å². The van der Waals surface area contributed by atoms with Crippen molar-refractivity contribution in [2.75, 3.05) is 20.7 Å². The number of benzene rings is 2. The van der Waals surface area contributed by atoms with Crippen LogP contribution in [0.25, 0.3) is 0 Å². The number of hydrogen-bond donors (Lipinski definition) is 1. The number of methoxy groups -OCH3 is 1. The number of amides is 1. The summed E-state index contributed by atoms with van der Waals surface area (Å²) in [4.78, 5) is 13.6. The lowest BCUT2D eigenvalue weighted by molar-refractivity contribution is 0.0681. The first-order valence-electron chi connectivity index (χ1n) is 6.84. The van der Waals surface area contributed by atoms with Crippen molar-refractivity contribution in [3.05, 3.63) is 65.5 Å². The summed E-state index contributed by atoms with van der Waals surface area (Å²) in [5.41, 5.74) is 1.07. The normalized spacial score (nSPS) is 11.8. The Balaban J connectivity index is 2.01. The Hall–Kier alpha value is -2.40. The molecule has 0 aliphatic rings. The van der Waals surface area contributed by atoms with E-state index in [1.165, 1.54) is 29.2 Å². The molecule has 0 bridgehead atoms. The summed E-state index contributed by atoms with van der Waals surface area (Å²) in [5, 5.41) is 10.2. The van der Waals surface area contributed by atoms with E-state index in [2.05, 4.69) is 0 Å². The van der Waals surface area contributed by atoms with Gasteiger partial charge in [0.1, 0.15) is 11.6 Å². The summed E-state index contributed by atoms with van der Waals surface area (Å²) in [6.45, 7) is 0.141. The van der Waals surface area contributed by atoms with Crippen LogP contribution in [0, 0.1) is 5.82 Å². The molecule has 1 amide bonds. The number of likely N-dealkylation sites (N-methyl/N-ethyl adjacent to an activating group) is 1. The summed E-state index contributed by atoms with van der Waals surface area (Å²) in [6, 6.07) is 12.3. The fourth-order valence-electron chi connectivity index (χ4n) is 2.09. The van der Waals surface area contributed by atoms with Crippen molar-refractivity contribution in [1.82, 2.24) is 4.90 Å². The van der Waals surface area contributed by atoms with E-state index in [4.69, 9.17) is 4.74 Å². The largest absolute Gasteiger partial charge is 0.497 e. The minimum Gasteiger partial charge on any atom is -0.497 e. The van der Waals surface area contributed by atoms with E-state index in [0.29, 0.717) is 16.9 Å². The van der Waals surface area contributed by atoms with Gasteiger partial charge >= 0.3 is 0 Å². The first-order valence-corrected chi connectivity index (χ1v) is 6.84. The zero-order chi connectivity index (χ0) is 16.1. The molecule has 5 heteroatoms. The van der Waals surface area contributed by atoms with E-state index in [0.717, 1.165) is 0 Å². The summed E-state index contributed by atoms with van der Waals surface area (Å²) >= 11 is 0. The molecule has 116 valence electrons. The quantitative estimate of drug-likeness (QED) is 0.924. The Morgan fingerprint density at radius 3 is 2.32 bits per heavy atom. The molecule has 2 rings (SSSR count). The highest BCUT2D eigenvalue weighted by Crippen LogP contribution is 2.19. The van der Waals surface area contributed by atoms with Gasteiger partial charge in [0.2, 0.25) is 0 Å². The lowest BCUT2D eigenvalue weighted by atomic mass is 10.1. The Labute approximate surface area is 128 Å². The van der Waals surface area contributed by atoms with Gasteiger partial charge in [-0.25, -0.2) is 4.39 Å². The van der Waals surface area contributed by atoms with Crippen molar-refractivity contribution in [2.45, 2.75) is 6.10 Å². The molecule has 4 nitrogen and oxygen atoms in total. The van der Waals surface area contributed by atoms with Crippen molar-refractivity contribution >= 4 is 5.91 Å². The lowest BCUT2D eigenvalue weighted by Crippen LogP contribution is -2.31. The average molecular weight is 303 g/mol. The molecule has 0 aliphatic heterocycles. The zero-order valence-corrected chi connectivity index (χ0v) is 12.5. The molecular formula is C17H18FNO3. The van der Waals surface area contributed by atoms with Crippen LogP contribution >= 0.6 is 0 Å². The van der Waals surface area contributed by atoms with Gasteiger partial charge < -0.3 is 14.7 Å². The maximum Gasteiger partial charge on any atom is 0.253 e. The molecular weight excluding hydrogens is 285 g/mol. The number of aliphatic hydroxyl groups is 1. The van der Waals surface area contributed by atoms with Crippen molar-refractivity contribution in [2.24, 2.45) is 0 Å². The smallest absolute Gasteiger partial charge is 0.253 e. The van der Waals surface area contributed by atoms with Crippen LogP contribution in [-0.2, 0) is 0 Å². The van der Waals surface area contributed by atoms with Gasteiger partial charge in [-0.3, -0.25) is 4.79 Å². The van der Waals surface area contributed by atoms with Crippen molar-refractivity contribution < 1.29 is 19.0 Å². The molecule has 0 heterocycles. The van der Waals surface area contributed by atoms with E-state index in [1.54, 1.807) is 38.4 Å². The molecule has 0 fully saturated rings. The number of rotatable bonds is 5. The van der Waals surface area contributed by atoms with Crippen LogP contribution < -0.4 is 4.74 Å². The Bertz CT molecular complexity index is 625.